The molecule has 8 heteroatoms. The summed E-state index contributed by atoms with van der Waals surface area (Å²) in [5.41, 5.74) is 0.906. The first-order valence-corrected chi connectivity index (χ1v) is 11.3. The zero-order chi connectivity index (χ0) is 18.0. The first-order chi connectivity index (χ1) is 11.1. The predicted molar refractivity (Wildman–Crippen MR) is 94.5 cm³/mol. The fourth-order valence-corrected chi connectivity index (χ4v) is 6.39. The van der Waals surface area contributed by atoms with E-state index in [1.807, 2.05) is 26.0 Å². The van der Waals surface area contributed by atoms with Crippen LogP contribution < -0.4 is 4.74 Å². The fraction of sp³-hybridized carbons (Fsp3) is 0.625. The largest absolute Gasteiger partial charge is 0.497 e. The highest BCUT2D eigenvalue weighted by Crippen LogP contribution is 2.23. The normalized spacial score (nSPS) is 17.0. The Bertz CT molecular complexity index is 748. The molecule has 0 aromatic heterocycles. The van der Waals surface area contributed by atoms with E-state index in [1.54, 1.807) is 19.2 Å². The van der Waals surface area contributed by atoms with Crippen LogP contribution in [0, 0.1) is 5.92 Å². The average molecular weight is 376 g/mol. The predicted octanol–water partition coefficient (Wildman–Crippen LogP) is 1.32. The second-order valence-corrected chi connectivity index (χ2v) is 11.0. The molecule has 0 N–H and O–H groups in total. The second-order valence-electron chi connectivity index (χ2n) is 6.58. The molecule has 0 atom stereocenters. The van der Waals surface area contributed by atoms with Crippen LogP contribution in [-0.2, 0) is 26.3 Å². The van der Waals surface area contributed by atoms with Crippen molar-refractivity contribution in [3.8, 4) is 5.75 Å². The lowest BCUT2D eigenvalue weighted by molar-refractivity contribution is 0.309. The van der Waals surface area contributed by atoms with Crippen LogP contribution in [0.3, 0.4) is 0 Å². The van der Waals surface area contributed by atoms with Crippen molar-refractivity contribution in [2.75, 3.05) is 31.7 Å². The summed E-state index contributed by atoms with van der Waals surface area (Å²) >= 11 is 0. The number of methoxy groups -OCH3 is 1. The van der Waals surface area contributed by atoms with Gasteiger partial charge in [-0.05, 0) is 30.0 Å². The highest BCUT2D eigenvalue weighted by molar-refractivity contribution is 7.92. The third-order valence-electron chi connectivity index (χ3n) is 4.09. The molecular formula is C16H25NO5S2. The van der Waals surface area contributed by atoms with Crippen molar-refractivity contribution in [3.63, 3.8) is 0 Å². The molecule has 1 aliphatic rings. The molecule has 0 spiro atoms. The molecule has 1 fully saturated rings. The summed E-state index contributed by atoms with van der Waals surface area (Å²) in [6.07, 6.45) is 0.395. The van der Waals surface area contributed by atoms with E-state index in [2.05, 4.69) is 0 Å². The Morgan fingerprint density at radius 3 is 2.21 bits per heavy atom. The second kappa shape index (κ2) is 7.41. The highest BCUT2D eigenvalue weighted by Gasteiger charge is 2.42. The molecule has 0 amide bonds. The minimum absolute atomic E-state index is 0.0176. The average Bonchev–Trinajstić information content (AvgIpc) is 2.42. The standard InChI is InChI=1S/C16H25NO5S2/c1-13(2)12-23(18,19)16-10-17(11-16)24(20,21)9-8-14-4-6-15(22-3)7-5-14/h4-7,13,16H,8-12H2,1-3H3. The number of hydrogen-bond acceptors (Lipinski definition) is 5. The van der Waals surface area contributed by atoms with Crippen molar-refractivity contribution in [2.45, 2.75) is 25.5 Å². The van der Waals surface area contributed by atoms with Gasteiger partial charge >= 0.3 is 0 Å². The SMILES string of the molecule is COc1ccc(CCS(=O)(=O)N2CC(S(=O)(=O)CC(C)C)C2)cc1. The van der Waals surface area contributed by atoms with Gasteiger partial charge in [0.05, 0.1) is 23.9 Å². The monoisotopic (exact) mass is 375 g/mol. The molecule has 0 unspecified atom stereocenters. The van der Waals surface area contributed by atoms with Gasteiger partial charge in [-0.15, -0.1) is 0 Å². The zero-order valence-corrected chi connectivity index (χ0v) is 15.9. The number of sulfone groups is 1. The summed E-state index contributed by atoms with van der Waals surface area (Å²) in [5, 5.41) is -0.560. The maximum Gasteiger partial charge on any atom is 0.214 e. The molecule has 2 rings (SSSR count). The molecule has 1 saturated heterocycles. The molecule has 1 aromatic rings. The number of hydrogen-bond donors (Lipinski definition) is 0. The van der Waals surface area contributed by atoms with Crippen LogP contribution in [0.15, 0.2) is 24.3 Å². The summed E-state index contributed by atoms with van der Waals surface area (Å²) in [5.74, 6) is 0.867. The summed E-state index contributed by atoms with van der Waals surface area (Å²) in [6.45, 7) is 3.86. The van der Waals surface area contributed by atoms with E-state index in [1.165, 1.54) is 4.31 Å². The molecule has 24 heavy (non-hydrogen) atoms. The molecular weight excluding hydrogens is 350 g/mol. The Labute approximate surface area is 144 Å². The van der Waals surface area contributed by atoms with Gasteiger partial charge in [-0.1, -0.05) is 26.0 Å². The lowest BCUT2D eigenvalue weighted by Gasteiger charge is -2.37. The first kappa shape index (κ1) is 19.2. The molecule has 1 aromatic carbocycles. The highest BCUT2D eigenvalue weighted by atomic mass is 32.2. The summed E-state index contributed by atoms with van der Waals surface area (Å²) in [6, 6.07) is 7.25. The molecule has 1 aliphatic heterocycles. The van der Waals surface area contributed by atoms with Gasteiger partial charge in [-0.2, -0.15) is 4.31 Å². The zero-order valence-electron chi connectivity index (χ0n) is 14.3. The fourth-order valence-electron chi connectivity index (χ4n) is 2.62. The van der Waals surface area contributed by atoms with Crippen LogP contribution in [0.4, 0.5) is 0 Å². The topological polar surface area (TPSA) is 80.8 Å². The van der Waals surface area contributed by atoms with E-state index < -0.39 is 25.1 Å². The van der Waals surface area contributed by atoms with Crippen molar-refractivity contribution >= 4 is 19.9 Å². The smallest absolute Gasteiger partial charge is 0.214 e. The molecule has 136 valence electrons. The minimum Gasteiger partial charge on any atom is -0.497 e. The molecule has 0 radical (unpaired) electrons. The number of benzene rings is 1. The van der Waals surface area contributed by atoms with Crippen molar-refractivity contribution in [2.24, 2.45) is 5.92 Å². The number of ether oxygens (including phenoxy) is 1. The van der Waals surface area contributed by atoms with Crippen LogP contribution in [-0.4, -0.2) is 58.1 Å². The lowest BCUT2D eigenvalue weighted by Crippen LogP contribution is -2.58. The van der Waals surface area contributed by atoms with E-state index in [9.17, 15) is 16.8 Å². The Balaban J connectivity index is 1.88. The molecule has 6 nitrogen and oxygen atoms in total. The van der Waals surface area contributed by atoms with E-state index in [0.717, 1.165) is 11.3 Å². The minimum atomic E-state index is -3.42. The van der Waals surface area contributed by atoms with E-state index in [4.69, 9.17) is 4.74 Å². The van der Waals surface area contributed by atoms with E-state index in [-0.39, 0.29) is 30.5 Å². The molecule has 0 aliphatic carbocycles. The Morgan fingerprint density at radius 2 is 1.71 bits per heavy atom. The van der Waals surface area contributed by atoms with Gasteiger partial charge in [0, 0.05) is 13.1 Å². The number of nitrogens with zero attached hydrogens (tertiary/aromatic N) is 1. The van der Waals surface area contributed by atoms with Crippen molar-refractivity contribution < 1.29 is 21.6 Å². The van der Waals surface area contributed by atoms with Crippen molar-refractivity contribution in [1.29, 1.82) is 0 Å². The summed E-state index contributed by atoms with van der Waals surface area (Å²) in [7, 11) is -5.06. The van der Waals surface area contributed by atoms with Gasteiger partial charge in [0.1, 0.15) is 5.75 Å². The van der Waals surface area contributed by atoms with Crippen molar-refractivity contribution in [1.82, 2.24) is 4.31 Å². The van der Waals surface area contributed by atoms with Crippen LogP contribution >= 0.6 is 0 Å². The summed E-state index contributed by atoms with van der Waals surface area (Å²) in [4.78, 5) is 0. The van der Waals surface area contributed by atoms with Crippen LogP contribution in [0.5, 0.6) is 5.75 Å². The van der Waals surface area contributed by atoms with Crippen molar-refractivity contribution in [3.05, 3.63) is 29.8 Å². The van der Waals surface area contributed by atoms with Crippen LogP contribution in [0.2, 0.25) is 0 Å². The lowest BCUT2D eigenvalue weighted by atomic mass is 10.2. The summed E-state index contributed by atoms with van der Waals surface area (Å²) < 4.78 is 55.2. The van der Waals surface area contributed by atoms with E-state index in [0.29, 0.717) is 6.42 Å². The number of aryl methyl sites for hydroxylation is 1. The maximum absolute atomic E-state index is 12.3. The van der Waals surface area contributed by atoms with Gasteiger partial charge in [-0.3, -0.25) is 0 Å². The third kappa shape index (κ3) is 4.70. The quantitative estimate of drug-likeness (QED) is 0.685. The van der Waals surface area contributed by atoms with E-state index >= 15 is 0 Å². The van der Waals surface area contributed by atoms with Crippen LogP contribution in [0.1, 0.15) is 19.4 Å². The Hall–Kier alpha value is -1.12. The van der Waals surface area contributed by atoms with Gasteiger partial charge in [0.25, 0.3) is 0 Å². The molecule has 0 saturated carbocycles. The maximum atomic E-state index is 12.3. The Kier molecular flexibility index (Phi) is 5.93. The first-order valence-electron chi connectivity index (χ1n) is 7.96. The van der Waals surface area contributed by atoms with Gasteiger partial charge in [0.2, 0.25) is 10.0 Å². The van der Waals surface area contributed by atoms with Gasteiger partial charge in [-0.25, -0.2) is 16.8 Å². The number of rotatable bonds is 8. The molecule has 1 heterocycles. The number of sulfonamides is 1. The van der Waals surface area contributed by atoms with Gasteiger partial charge in [0.15, 0.2) is 9.84 Å². The van der Waals surface area contributed by atoms with Crippen LogP contribution in [0.25, 0.3) is 0 Å². The van der Waals surface area contributed by atoms with Gasteiger partial charge < -0.3 is 4.74 Å². The Morgan fingerprint density at radius 1 is 1.12 bits per heavy atom. The third-order valence-corrected chi connectivity index (χ3v) is 8.34. The molecule has 0 bridgehead atoms.